The molecule has 2 N–H and O–H groups in total. The number of nitrogens with two attached hydrogens (primary N) is 1. The molecular formula is C17H16F6N4O2S. The summed E-state index contributed by atoms with van der Waals surface area (Å²) in [6, 6.07) is 3.21. The zero-order valence-electron chi connectivity index (χ0n) is 15.2. The van der Waals surface area contributed by atoms with Crippen LogP contribution < -0.4 is 5.14 Å². The van der Waals surface area contributed by atoms with Crippen molar-refractivity contribution in [3.63, 3.8) is 0 Å². The summed E-state index contributed by atoms with van der Waals surface area (Å²) in [7, 11) is -3.99. The van der Waals surface area contributed by atoms with Crippen LogP contribution in [0.4, 0.5) is 26.3 Å². The third kappa shape index (κ3) is 3.19. The van der Waals surface area contributed by atoms with Crippen molar-refractivity contribution < 1.29 is 34.8 Å². The van der Waals surface area contributed by atoms with E-state index in [0.717, 1.165) is 27.3 Å². The minimum atomic E-state index is -4.87. The Hall–Kier alpha value is -2.12. The lowest BCUT2D eigenvalue weighted by Gasteiger charge is -2.30. The second-order valence-corrected chi connectivity index (χ2v) is 9.05. The van der Waals surface area contributed by atoms with Crippen LogP contribution in [-0.4, -0.2) is 41.5 Å². The van der Waals surface area contributed by atoms with Crippen molar-refractivity contribution >= 4 is 10.2 Å². The van der Waals surface area contributed by atoms with Gasteiger partial charge >= 0.3 is 6.18 Å². The molecule has 1 aromatic carbocycles. The van der Waals surface area contributed by atoms with Crippen LogP contribution >= 0.6 is 0 Å². The molecule has 164 valence electrons. The van der Waals surface area contributed by atoms with Crippen LogP contribution in [0.15, 0.2) is 30.5 Å². The SMILES string of the molecule is NS(=O)(=O)N1CCC2(CC1)C(c1ccn(-c3ccc(F)cc3C(F)(F)F)n1)C2(F)F. The molecule has 1 aliphatic heterocycles. The van der Waals surface area contributed by atoms with E-state index >= 15 is 0 Å². The van der Waals surface area contributed by atoms with Crippen molar-refractivity contribution in [1.29, 1.82) is 0 Å². The van der Waals surface area contributed by atoms with E-state index in [1.807, 2.05) is 0 Å². The molecule has 0 radical (unpaired) electrons. The average molecular weight is 454 g/mol. The number of hydrogen-bond donors (Lipinski definition) is 1. The highest BCUT2D eigenvalue weighted by atomic mass is 32.2. The maximum atomic E-state index is 14.7. The first kappa shape index (κ1) is 21.1. The van der Waals surface area contributed by atoms with Crippen LogP contribution in [0.1, 0.15) is 30.0 Å². The second kappa shape index (κ2) is 6.44. The smallest absolute Gasteiger partial charge is 0.240 e. The number of alkyl halides is 5. The Labute approximate surface area is 167 Å². The normalized spacial score (nSPS) is 23.6. The zero-order valence-corrected chi connectivity index (χ0v) is 16.0. The maximum Gasteiger partial charge on any atom is 0.418 e. The van der Waals surface area contributed by atoms with Gasteiger partial charge in [-0.3, -0.25) is 0 Å². The van der Waals surface area contributed by atoms with E-state index in [2.05, 4.69) is 5.10 Å². The monoisotopic (exact) mass is 454 g/mol. The molecule has 0 amide bonds. The number of piperidine rings is 1. The molecule has 2 fully saturated rings. The average Bonchev–Trinajstić information content (AvgIpc) is 2.95. The fraction of sp³-hybridized carbons (Fsp3) is 0.471. The molecule has 2 aliphatic rings. The summed E-state index contributed by atoms with van der Waals surface area (Å²) in [5.74, 6) is -5.64. The molecule has 1 saturated heterocycles. The van der Waals surface area contributed by atoms with Gasteiger partial charge in [0.15, 0.2) is 0 Å². The van der Waals surface area contributed by atoms with Gasteiger partial charge in [0, 0.05) is 19.3 Å². The summed E-state index contributed by atoms with van der Waals surface area (Å²) in [6.07, 6.45) is -4.06. The topological polar surface area (TPSA) is 81.2 Å². The van der Waals surface area contributed by atoms with Crippen molar-refractivity contribution in [2.75, 3.05) is 13.1 Å². The highest BCUT2D eigenvalue weighted by Crippen LogP contribution is 2.75. The Balaban J connectivity index is 1.63. The molecule has 2 heterocycles. The molecule has 1 aromatic heterocycles. The second-order valence-electron chi connectivity index (χ2n) is 7.50. The van der Waals surface area contributed by atoms with E-state index in [9.17, 15) is 34.8 Å². The van der Waals surface area contributed by atoms with Crippen molar-refractivity contribution in [2.45, 2.75) is 30.9 Å². The lowest BCUT2D eigenvalue weighted by Crippen LogP contribution is -2.43. The molecule has 1 aliphatic carbocycles. The summed E-state index contributed by atoms with van der Waals surface area (Å²) in [4.78, 5) is 0. The number of benzene rings is 1. The summed E-state index contributed by atoms with van der Waals surface area (Å²) in [6.45, 7) is -0.358. The van der Waals surface area contributed by atoms with Gasteiger partial charge in [0.1, 0.15) is 5.82 Å². The Kier molecular flexibility index (Phi) is 4.53. The van der Waals surface area contributed by atoms with E-state index < -0.39 is 50.7 Å². The quantitative estimate of drug-likeness (QED) is 0.724. The van der Waals surface area contributed by atoms with E-state index in [1.54, 1.807) is 0 Å². The van der Waals surface area contributed by atoms with Gasteiger partial charge in [-0.2, -0.15) is 31.0 Å². The van der Waals surface area contributed by atoms with Gasteiger partial charge in [-0.05, 0) is 37.1 Å². The van der Waals surface area contributed by atoms with Crippen LogP contribution in [0, 0.1) is 11.2 Å². The Morgan fingerprint density at radius 3 is 2.33 bits per heavy atom. The first-order chi connectivity index (χ1) is 13.8. The molecule has 2 aromatic rings. The molecule has 6 nitrogen and oxygen atoms in total. The Bertz CT molecular complexity index is 1090. The zero-order chi connectivity index (χ0) is 22.1. The predicted molar refractivity (Wildman–Crippen MR) is 92.6 cm³/mol. The standard InChI is InChI=1S/C17H16F6N4O2S/c18-10-1-2-13(11(9-10)17(21,22)23)27-6-3-12(25-27)14-15(16(14,19)20)4-7-26(8-5-15)30(24,28)29/h1-3,6,9,14H,4-5,7-8H2,(H2,24,28,29). The molecule has 1 spiro atoms. The van der Waals surface area contributed by atoms with Gasteiger partial charge in [-0.15, -0.1) is 0 Å². The third-order valence-corrected chi connectivity index (χ3v) is 6.97. The summed E-state index contributed by atoms with van der Waals surface area (Å²) in [5.41, 5.74) is -3.40. The van der Waals surface area contributed by atoms with Crippen LogP contribution in [-0.2, 0) is 16.4 Å². The first-order valence-corrected chi connectivity index (χ1v) is 10.4. The third-order valence-electron chi connectivity index (χ3n) is 5.89. The van der Waals surface area contributed by atoms with Crippen molar-refractivity contribution in [3.05, 3.63) is 47.5 Å². The highest BCUT2D eigenvalue weighted by molar-refractivity contribution is 7.86. The molecular weight excluding hydrogens is 438 g/mol. The van der Waals surface area contributed by atoms with Crippen LogP contribution in [0.25, 0.3) is 5.69 Å². The van der Waals surface area contributed by atoms with Gasteiger partial charge in [0.05, 0.1) is 28.3 Å². The van der Waals surface area contributed by atoms with E-state index in [1.165, 1.54) is 6.07 Å². The summed E-state index contributed by atoms with van der Waals surface area (Å²) >= 11 is 0. The Morgan fingerprint density at radius 1 is 1.13 bits per heavy atom. The molecule has 4 rings (SSSR count). The van der Waals surface area contributed by atoms with Crippen molar-refractivity contribution in [1.82, 2.24) is 14.1 Å². The van der Waals surface area contributed by atoms with Gasteiger partial charge < -0.3 is 0 Å². The molecule has 1 saturated carbocycles. The maximum absolute atomic E-state index is 14.7. The van der Waals surface area contributed by atoms with Crippen LogP contribution in [0.2, 0.25) is 0 Å². The first-order valence-electron chi connectivity index (χ1n) is 8.86. The fourth-order valence-electron chi connectivity index (χ4n) is 4.30. The van der Waals surface area contributed by atoms with Gasteiger partial charge in [0.25, 0.3) is 16.1 Å². The van der Waals surface area contributed by atoms with E-state index in [-0.39, 0.29) is 31.6 Å². The van der Waals surface area contributed by atoms with Crippen LogP contribution in [0.3, 0.4) is 0 Å². The van der Waals surface area contributed by atoms with Gasteiger partial charge in [0.2, 0.25) is 0 Å². The van der Waals surface area contributed by atoms with Gasteiger partial charge in [-0.25, -0.2) is 23.0 Å². The number of nitrogens with zero attached hydrogens (tertiary/aromatic N) is 3. The lowest BCUT2D eigenvalue weighted by atomic mass is 9.90. The summed E-state index contributed by atoms with van der Waals surface area (Å²) < 4.78 is 107. The molecule has 30 heavy (non-hydrogen) atoms. The van der Waals surface area contributed by atoms with Gasteiger partial charge in [-0.1, -0.05) is 0 Å². The number of rotatable bonds is 3. The number of halogens is 6. The molecule has 1 unspecified atom stereocenters. The highest BCUT2D eigenvalue weighted by Gasteiger charge is 2.81. The summed E-state index contributed by atoms with van der Waals surface area (Å²) in [5, 5.41) is 8.95. The number of hydrogen-bond acceptors (Lipinski definition) is 3. The lowest BCUT2D eigenvalue weighted by molar-refractivity contribution is -0.137. The molecule has 13 heteroatoms. The largest absolute Gasteiger partial charge is 0.418 e. The van der Waals surface area contributed by atoms with Crippen molar-refractivity contribution in [3.8, 4) is 5.69 Å². The van der Waals surface area contributed by atoms with E-state index in [0.29, 0.717) is 6.07 Å². The van der Waals surface area contributed by atoms with Crippen LogP contribution in [0.5, 0.6) is 0 Å². The predicted octanol–water partition coefficient (Wildman–Crippen LogP) is 3.05. The van der Waals surface area contributed by atoms with E-state index in [4.69, 9.17) is 5.14 Å². The molecule has 1 atom stereocenters. The fourth-order valence-corrected chi connectivity index (χ4v) is 4.99. The molecule has 0 bridgehead atoms. The van der Waals surface area contributed by atoms with Crippen molar-refractivity contribution in [2.24, 2.45) is 10.6 Å². The minimum Gasteiger partial charge on any atom is -0.240 e. The Morgan fingerprint density at radius 2 is 1.77 bits per heavy atom. The minimum absolute atomic E-state index is 0.110. The number of aromatic nitrogens is 2.